The highest BCUT2D eigenvalue weighted by atomic mass is 35.5. The Morgan fingerprint density at radius 3 is 2.51 bits per heavy atom. The Balaban J connectivity index is 1.37. The van der Waals surface area contributed by atoms with Crippen LogP contribution >= 0.6 is 22.9 Å². The minimum absolute atomic E-state index is 0.114. The number of pyridine rings is 1. The SMILES string of the molecule is COc1cc2nc(C)n(CCOc3ccc(Cl)cc3-c3cc(C)nc4c(C(=O)O)c(C)sc34)c(=O)c2c(C#N)c1N1CCN(C)CC1. The number of aryl methyl sites for hydroxylation is 3. The molecule has 0 amide bonds. The fourth-order valence-corrected chi connectivity index (χ4v) is 7.46. The smallest absolute Gasteiger partial charge is 0.339 e. The van der Waals surface area contributed by atoms with Crippen molar-refractivity contribution >= 4 is 55.7 Å². The molecule has 0 saturated carbocycles. The number of carboxylic acid groups (broad SMARTS) is 1. The Labute approximate surface area is 280 Å². The number of methoxy groups -OCH3 is 1. The third-order valence-electron chi connectivity index (χ3n) is 8.49. The van der Waals surface area contributed by atoms with Crippen molar-refractivity contribution in [2.24, 2.45) is 0 Å². The first-order valence-corrected chi connectivity index (χ1v) is 16.2. The number of aromatic carboxylic acids is 1. The predicted molar refractivity (Wildman–Crippen MR) is 184 cm³/mol. The average molecular weight is 673 g/mol. The van der Waals surface area contributed by atoms with Crippen LogP contribution in [0.1, 0.15) is 32.3 Å². The zero-order valence-corrected chi connectivity index (χ0v) is 28.3. The van der Waals surface area contributed by atoms with Crippen LogP contribution in [0.5, 0.6) is 11.5 Å². The van der Waals surface area contributed by atoms with Gasteiger partial charge in [-0.25, -0.2) is 9.78 Å². The number of nitriles is 1. The normalized spacial score (nSPS) is 13.7. The number of rotatable bonds is 8. The topological polar surface area (TPSA) is 134 Å². The molecule has 6 rings (SSSR count). The maximum absolute atomic E-state index is 14.0. The van der Waals surface area contributed by atoms with Crippen molar-refractivity contribution in [1.29, 1.82) is 5.26 Å². The zero-order valence-electron chi connectivity index (χ0n) is 26.7. The van der Waals surface area contributed by atoms with Gasteiger partial charge in [0.05, 0.1) is 51.6 Å². The first-order valence-electron chi connectivity index (χ1n) is 15.0. The number of fused-ring (bicyclic) bond motifs is 2. The van der Waals surface area contributed by atoms with E-state index in [0.29, 0.717) is 68.3 Å². The molecule has 0 unspecified atom stereocenters. The number of hydrogen-bond donors (Lipinski definition) is 1. The van der Waals surface area contributed by atoms with Crippen molar-refractivity contribution in [3.8, 4) is 28.7 Å². The number of likely N-dealkylation sites (N-methyl/N-ethyl adjacent to an activating group) is 1. The van der Waals surface area contributed by atoms with Crippen molar-refractivity contribution in [3.63, 3.8) is 0 Å². The summed E-state index contributed by atoms with van der Waals surface area (Å²) in [6, 6.07) is 11.2. The molecule has 13 heteroatoms. The van der Waals surface area contributed by atoms with Crippen molar-refractivity contribution < 1.29 is 19.4 Å². The third-order valence-corrected chi connectivity index (χ3v) is 9.85. The Morgan fingerprint density at radius 1 is 1.09 bits per heavy atom. The van der Waals surface area contributed by atoms with Gasteiger partial charge in [0.25, 0.3) is 5.56 Å². The van der Waals surface area contributed by atoms with Crippen LogP contribution < -0.4 is 19.9 Å². The van der Waals surface area contributed by atoms with Crippen LogP contribution in [0, 0.1) is 32.1 Å². The lowest BCUT2D eigenvalue weighted by molar-refractivity contribution is 0.0698. The number of nitrogens with zero attached hydrogens (tertiary/aromatic N) is 6. The van der Waals surface area contributed by atoms with Gasteiger partial charge in [0, 0.05) is 59.0 Å². The van der Waals surface area contributed by atoms with Gasteiger partial charge < -0.3 is 24.4 Å². The lowest BCUT2D eigenvalue weighted by Crippen LogP contribution is -2.45. The maximum Gasteiger partial charge on any atom is 0.339 e. The number of ether oxygens (including phenoxy) is 2. The number of hydrogen-bond acceptors (Lipinski definition) is 10. The highest BCUT2D eigenvalue weighted by Gasteiger charge is 2.26. The molecule has 0 bridgehead atoms. The van der Waals surface area contributed by atoms with Gasteiger partial charge in [0.1, 0.15) is 30.0 Å². The largest absolute Gasteiger partial charge is 0.494 e. The molecule has 0 atom stereocenters. The molecule has 47 heavy (non-hydrogen) atoms. The molecular weight excluding hydrogens is 640 g/mol. The molecule has 1 aliphatic rings. The fourth-order valence-electron chi connectivity index (χ4n) is 6.17. The summed E-state index contributed by atoms with van der Waals surface area (Å²) in [5, 5.41) is 20.9. The van der Waals surface area contributed by atoms with Crippen LogP contribution in [0.15, 0.2) is 35.1 Å². The summed E-state index contributed by atoms with van der Waals surface area (Å²) < 4.78 is 14.2. The van der Waals surface area contributed by atoms with E-state index in [0.717, 1.165) is 23.4 Å². The molecule has 3 aromatic heterocycles. The molecule has 5 aromatic rings. The summed E-state index contributed by atoms with van der Waals surface area (Å²) in [5.74, 6) is 0.475. The van der Waals surface area contributed by atoms with E-state index in [-0.39, 0.29) is 35.2 Å². The highest BCUT2D eigenvalue weighted by molar-refractivity contribution is 7.20. The molecule has 4 heterocycles. The van der Waals surface area contributed by atoms with Gasteiger partial charge in [-0.1, -0.05) is 11.6 Å². The molecule has 0 aliphatic carbocycles. The fraction of sp³-hybridized carbons (Fsp3) is 0.324. The number of thiophene rings is 1. The summed E-state index contributed by atoms with van der Waals surface area (Å²) in [6.07, 6.45) is 0. The first kappa shape index (κ1) is 32.2. The third kappa shape index (κ3) is 5.86. The Kier molecular flexibility index (Phi) is 8.80. The van der Waals surface area contributed by atoms with E-state index in [1.54, 1.807) is 45.2 Å². The number of piperazine rings is 1. The lowest BCUT2D eigenvalue weighted by Gasteiger charge is -2.35. The van der Waals surface area contributed by atoms with Crippen molar-refractivity contribution in [1.82, 2.24) is 19.4 Å². The standard InChI is InChI=1S/C34H33ClN6O5S/c1-18-14-23(32-30(37-18)28(34(43)44)19(2)47-32)22-15-21(35)6-7-26(22)46-13-12-41-20(3)38-25-16-27(45-5)31(24(17-36)29(25)33(41)42)40-10-8-39(4)9-11-40/h6-7,14-16H,8-13H2,1-5H3,(H,43,44). The van der Waals surface area contributed by atoms with E-state index < -0.39 is 5.97 Å². The van der Waals surface area contributed by atoms with Crippen molar-refractivity contribution in [3.05, 3.63) is 73.2 Å². The molecular formula is C34H33ClN6O5S. The van der Waals surface area contributed by atoms with Crippen LogP contribution in [0.25, 0.3) is 32.2 Å². The van der Waals surface area contributed by atoms with E-state index in [4.69, 9.17) is 26.1 Å². The number of benzene rings is 2. The van der Waals surface area contributed by atoms with E-state index >= 15 is 0 Å². The number of aromatic nitrogens is 3. The minimum atomic E-state index is -1.03. The van der Waals surface area contributed by atoms with Gasteiger partial charge in [-0.15, -0.1) is 11.3 Å². The molecule has 0 radical (unpaired) electrons. The second kappa shape index (κ2) is 12.8. The second-order valence-electron chi connectivity index (χ2n) is 11.5. The van der Waals surface area contributed by atoms with E-state index in [9.17, 15) is 20.0 Å². The molecule has 242 valence electrons. The van der Waals surface area contributed by atoms with Gasteiger partial charge in [-0.3, -0.25) is 14.3 Å². The van der Waals surface area contributed by atoms with Crippen LogP contribution in [0.3, 0.4) is 0 Å². The van der Waals surface area contributed by atoms with Crippen LogP contribution in [-0.4, -0.2) is 77.5 Å². The minimum Gasteiger partial charge on any atom is -0.494 e. The molecule has 2 aromatic carbocycles. The van der Waals surface area contributed by atoms with Crippen LogP contribution in [0.4, 0.5) is 5.69 Å². The number of halogens is 1. The lowest BCUT2D eigenvalue weighted by atomic mass is 10.0. The number of anilines is 1. The highest BCUT2D eigenvalue weighted by Crippen LogP contribution is 2.42. The summed E-state index contributed by atoms with van der Waals surface area (Å²) in [7, 11) is 3.61. The predicted octanol–water partition coefficient (Wildman–Crippen LogP) is 5.66. The molecule has 1 N–H and O–H groups in total. The summed E-state index contributed by atoms with van der Waals surface area (Å²) in [5.41, 5.74) is 3.64. The Hall–Kier alpha value is -4.70. The molecule has 11 nitrogen and oxygen atoms in total. The Morgan fingerprint density at radius 2 is 1.83 bits per heavy atom. The van der Waals surface area contributed by atoms with Crippen LogP contribution in [-0.2, 0) is 6.54 Å². The summed E-state index contributed by atoms with van der Waals surface area (Å²) in [4.78, 5) is 40.3. The summed E-state index contributed by atoms with van der Waals surface area (Å²) in [6.45, 7) is 8.66. The van der Waals surface area contributed by atoms with Crippen molar-refractivity contribution in [2.75, 3.05) is 51.8 Å². The monoisotopic (exact) mass is 672 g/mol. The van der Waals surface area contributed by atoms with Gasteiger partial charge in [0.15, 0.2) is 0 Å². The molecule has 1 aliphatic heterocycles. The van der Waals surface area contributed by atoms with Gasteiger partial charge in [0.2, 0.25) is 0 Å². The number of carbonyl (C=O) groups is 1. The van der Waals surface area contributed by atoms with Crippen molar-refractivity contribution in [2.45, 2.75) is 27.3 Å². The molecule has 1 fully saturated rings. The first-order chi connectivity index (χ1) is 22.5. The van der Waals surface area contributed by atoms with Crippen LogP contribution in [0.2, 0.25) is 5.02 Å². The second-order valence-corrected chi connectivity index (χ2v) is 13.2. The van der Waals surface area contributed by atoms with Gasteiger partial charge in [-0.05, 0) is 52.1 Å². The quantitative estimate of drug-likeness (QED) is 0.220. The summed E-state index contributed by atoms with van der Waals surface area (Å²) >= 11 is 7.80. The molecule has 0 spiro atoms. The molecule has 1 saturated heterocycles. The number of carboxylic acids is 1. The Bertz CT molecular complexity index is 2160. The van der Waals surface area contributed by atoms with Gasteiger partial charge in [-0.2, -0.15) is 5.26 Å². The van der Waals surface area contributed by atoms with Gasteiger partial charge >= 0.3 is 5.97 Å². The van der Waals surface area contributed by atoms with E-state index in [1.807, 2.05) is 13.0 Å². The van der Waals surface area contributed by atoms with E-state index in [1.165, 1.54) is 15.9 Å². The zero-order chi connectivity index (χ0) is 33.6. The van der Waals surface area contributed by atoms with E-state index in [2.05, 4.69) is 27.9 Å². The average Bonchev–Trinajstić information content (AvgIpc) is 3.37. The maximum atomic E-state index is 14.0.